The summed E-state index contributed by atoms with van der Waals surface area (Å²) < 4.78 is 1.56. The molecular formula is C23H24N2O3. The molecule has 0 aliphatic carbocycles. The highest BCUT2D eigenvalue weighted by Gasteiger charge is 2.20. The number of carbonyl (C=O) groups is 1. The van der Waals surface area contributed by atoms with Crippen molar-refractivity contribution < 1.29 is 9.90 Å². The number of carbonyl (C=O) groups excluding carboxylic acids is 1. The molecule has 0 saturated heterocycles. The minimum absolute atomic E-state index is 0.116. The number of benzene rings is 2. The minimum atomic E-state index is -0.564. The molecule has 5 nitrogen and oxygen atoms in total. The maximum atomic E-state index is 12.9. The quantitative estimate of drug-likeness (QED) is 0.666. The summed E-state index contributed by atoms with van der Waals surface area (Å²) in [5, 5.41) is 12.5. The van der Waals surface area contributed by atoms with Crippen molar-refractivity contribution in [3.8, 4) is 0 Å². The molecule has 0 saturated carbocycles. The van der Waals surface area contributed by atoms with Gasteiger partial charge in [0.1, 0.15) is 5.56 Å². The van der Waals surface area contributed by atoms with Crippen molar-refractivity contribution in [2.75, 3.05) is 6.61 Å². The molecule has 144 valence electrons. The van der Waals surface area contributed by atoms with Crippen LogP contribution in [0.15, 0.2) is 77.7 Å². The number of aliphatic hydroxyl groups excluding tert-OH is 1. The second-order valence-electron chi connectivity index (χ2n) is 6.73. The number of nitrogens with one attached hydrogen (secondary N) is 1. The van der Waals surface area contributed by atoms with E-state index in [1.54, 1.807) is 23.8 Å². The zero-order valence-electron chi connectivity index (χ0n) is 15.8. The topological polar surface area (TPSA) is 71.3 Å². The second kappa shape index (κ2) is 9.15. The summed E-state index contributed by atoms with van der Waals surface area (Å²) in [4.78, 5) is 25.7. The molecule has 1 amide bonds. The average molecular weight is 376 g/mol. The molecule has 1 unspecified atom stereocenters. The average Bonchev–Trinajstić information content (AvgIpc) is 2.73. The zero-order valence-corrected chi connectivity index (χ0v) is 15.8. The Bertz CT molecular complexity index is 982. The van der Waals surface area contributed by atoms with Gasteiger partial charge in [0.15, 0.2) is 0 Å². The standard InChI is InChI=1S/C23H24N2O3/c1-17-12-14-25(15-13-18-8-4-2-5-9-18)23(28)21(17)22(27)24-20(16-26)19-10-6-3-7-11-19/h2-12,14,20,26H,13,15-16H2,1H3,(H,24,27). The molecule has 0 fully saturated rings. The molecule has 0 aliphatic rings. The fourth-order valence-corrected chi connectivity index (χ4v) is 3.16. The summed E-state index contributed by atoms with van der Waals surface area (Å²) in [6.45, 7) is 1.99. The van der Waals surface area contributed by atoms with Gasteiger partial charge in [0.2, 0.25) is 0 Å². The molecule has 0 spiro atoms. The van der Waals surface area contributed by atoms with Crippen LogP contribution < -0.4 is 10.9 Å². The van der Waals surface area contributed by atoms with Gasteiger partial charge in [-0.05, 0) is 36.1 Å². The van der Waals surface area contributed by atoms with Crippen LogP contribution in [-0.2, 0) is 13.0 Å². The number of aryl methyl sites for hydroxylation is 3. The fraction of sp³-hybridized carbons (Fsp3) is 0.217. The number of hydrogen-bond donors (Lipinski definition) is 2. The maximum absolute atomic E-state index is 12.9. The highest BCUT2D eigenvalue weighted by Crippen LogP contribution is 2.13. The van der Waals surface area contributed by atoms with Crippen LogP contribution in [0.4, 0.5) is 0 Å². The highest BCUT2D eigenvalue weighted by molar-refractivity contribution is 5.95. The van der Waals surface area contributed by atoms with E-state index in [2.05, 4.69) is 5.32 Å². The first-order valence-electron chi connectivity index (χ1n) is 9.31. The summed E-state index contributed by atoms with van der Waals surface area (Å²) in [7, 11) is 0. The van der Waals surface area contributed by atoms with E-state index < -0.39 is 11.9 Å². The molecule has 2 N–H and O–H groups in total. The van der Waals surface area contributed by atoms with Crippen molar-refractivity contribution in [1.82, 2.24) is 9.88 Å². The van der Waals surface area contributed by atoms with Crippen LogP contribution in [0.1, 0.15) is 33.1 Å². The van der Waals surface area contributed by atoms with E-state index in [1.807, 2.05) is 60.7 Å². The van der Waals surface area contributed by atoms with Gasteiger partial charge >= 0.3 is 0 Å². The Balaban J connectivity index is 1.80. The zero-order chi connectivity index (χ0) is 19.9. The minimum Gasteiger partial charge on any atom is -0.394 e. The van der Waals surface area contributed by atoms with Crippen LogP contribution in [-0.4, -0.2) is 22.2 Å². The third-order valence-corrected chi connectivity index (χ3v) is 4.77. The Morgan fingerprint density at radius 1 is 1.04 bits per heavy atom. The van der Waals surface area contributed by atoms with Gasteiger partial charge in [0.05, 0.1) is 12.6 Å². The number of hydrogen-bond acceptors (Lipinski definition) is 3. The number of aliphatic hydroxyl groups is 1. The Kier molecular flexibility index (Phi) is 6.40. The summed E-state index contributed by atoms with van der Waals surface area (Å²) in [6, 6.07) is 20.3. The summed E-state index contributed by atoms with van der Waals surface area (Å²) in [5.74, 6) is -0.473. The van der Waals surface area contributed by atoms with Gasteiger partial charge < -0.3 is 15.0 Å². The molecule has 3 aromatic rings. The molecule has 1 heterocycles. The van der Waals surface area contributed by atoms with Crippen LogP contribution in [0, 0.1) is 6.92 Å². The Hall–Kier alpha value is -3.18. The first-order chi connectivity index (χ1) is 13.6. The lowest BCUT2D eigenvalue weighted by Crippen LogP contribution is -2.37. The smallest absolute Gasteiger partial charge is 0.263 e. The van der Waals surface area contributed by atoms with E-state index >= 15 is 0 Å². The third-order valence-electron chi connectivity index (χ3n) is 4.77. The number of aromatic nitrogens is 1. The van der Waals surface area contributed by atoms with Crippen LogP contribution in [0.25, 0.3) is 0 Å². The molecular weight excluding hydrogens is 352 g/mol. The van der Waals surface area contributed by atoms with Crippen molar-refractivity contribution in [2.45, 2.75) is 25.9 Å². The second-order valence-corrected chi connectivity index (χ2v) is 6.73. The van der Waals surface area contributed by atoms with E-state index in [0.29, 0.717) is 18.5 Å². The number of nitrogens with zero attached hydrogens (tertiary/aromatic N) is 1. The van der Waals surface area contributed by atoms with Gasteiger partial charge in [-0.2, -0.15) is 0 Å². The van der Waals surface area contributed by atoms with E-state index in [0.717, 1.165) is 11.1 Å². The number of amides is 1. The molecule has 1 atom stereocenters. The summed E-state index contributed by atoms with van der Waals surface area (Å²) >= 11 is 0. The van der Waals surface area contributed by atoms with Gasteiger partial charge in [0.25, 0.3) is 11.5 Å². The van der Waals surface area contributed by atoms with E-state index in [-0.39, 0.29) is 17.7 Å². The summed E-state index contributed by atoms with van der Waals surface area (Å²) in [5.41, 5.74) is 2.33. The lowest BCUT2D eigenvalue weighted by Gasteiger charge is -2.18. The first kappa shape index (κ1) is 19.6. The molecule has 0 bridgehead atoms. The maximum Gasteiger partial charge on any atom is 0.263 e. The molecule has 3 rings (SSSR count). The number of rotatable bonds is 7. The van der Waals surface area contributed by atoms with Crippen LogP contribution in [0.3, 0.4) is 0 Å². The summed E-state index contributed by atoms with van der Waals surface area (Å²) in [6.07, 6.45) is 2.42. The van der Waals surface area contributed by atoms with Gasteiger partial charge in [-0.25, -0.2) is 0 Å². The lowest BCUT2D eigenvalue weighted by molar-refractivity contribution is 0.0913. The van der Waals surface area contributed by atoms with Crippen molar-refractivity contribution in [3.05, 3.63) is 106 Å². The van der Waals surface area contributed by atoms with E-state index in [1.165, 1.54) is 0 Å². The fourth-order valence-electron chi connectivity index (χ4n) is 3.16. The van der Waals surface area contributed by atoms with Crippen LogP contribution in [0.5, 0.6) is 0 Å². The Morgan fingerprint density at radius 2 is 1.68 bits per heavy atom. The van der Waals surface area contributed by atoms with Gasteiger partial charge in [-0.15, -0.1) is 0 Å². The van der Waals surface area contributed by atoms with Crippen molar-refractivity contribution in [1.29, 1.82) is 0 Å². The monoisotopic (exact) mass is 376 g/mol. The van der Waals surface area contributed by atoms with E-state index in [4.69, 9.17) is 0 Å². The van der Waals surface area contributed by atoms with Gasteiger partial charge in [0, 0.05) is 12.7 Å². The predicted octanol–water partition coefficient (Wildman–Crippen LogP) is 2.86. The normalized spacial score (nSPS) is 11.8. The van der Waals surface area contributed by atoms with Crippen LogP contribution in [0.2, 0.25) is 0 Å². The lowest BCUT2D eigenvalue weighted by atomic mass is 10.1. The first-order valence-corrected chi connectivity index (χ1v) is 9.31. The molecule has 1 aromatic heterocycles. The highest BCUT2D eigenvalue weighted by atomic mass is 16.3. The molecule has 28 heavy (non-hydrogen) atoms. The Labute approximate surface area is 164 Å². The van der Waals surface area contributed by atoms with Crippen molar-refractivity contribution in [2.24, 2.45) is 0 Å². The van der Waals surface area contributed by atoms with E-state index in [9.17, 15) is 14.7 Å². The molecule has 2 aromatic carbocycles. The molecule has 0 radical (unpaired) electrons. The van der Waals surface area contributed by atoms with Gasteiger partial charge in [-0.1, -0.05) is 60.7 Å². The van der Waals surface area contributed by atoms with Crippen molar-refractivity contribution >= 4 is 5.91 Å². The third kappa shape index (κ3) is 4.56. The van der Waals surface area contributed by atoms with Crippen molar-refractivity contribution in [3.63, 3.8) is 0 Å². The van der Waals surface area contributed by atoms with Gasteiger partial charge in [-0.3, -0.25) is 9.59 Å². The largest absolute Gasteiger partial charge is 0.394 e. The Morgan fingerprint density at radius 3 is 2.32 bits per heavy atom. The SMILES string of the molecule is Cc1ccn(CCc2ccccc2)c(=O)c1C(=O)NC(CO)c1ccccc1. The van der Waals surface area contributed by atoms with Crippen LogP contribution >= 0.6 is 0 Å². The predicted molar refractivity (Wildman–Crippen MR) is 109 cm³/mol. The molecule has 0 aliphatic heterocycles. The molecule has 5 heteroatoms. The number of pyridine rings is 1.